The van der Waals surface area contributed by atoms with Gasteiger partial charge in [0.05, 0.1) is 24.5 Å². The monoisotopic (exact) mass is 936 g/mol. The van der Waals surface area contributed by atoms with Gasteiger partial charge in [-0.05, 0) is 92.9 Å². The quantitative estimate of drug-likeness (QED) is 0.0696. The van der Waals surface area contributed by atoms with E-state index in [0.29, 0.717) is 24.4 Å². The van der Waals surface area contributed by atoms with Crippen molar-refractivity contribution in [1.29, 1.82) is 0 Å². The van der Waals surface area contributed by atoms with Crippen LogP contribution in [0.15, 0.2) is 28.2 Å². The van der Waals surface area contributed by atoms with E-state index in [9.17, 15) is 9.90 Å². The first-order valence-electron chi connectivity index (χ1n) is 22.9. The molecule has 356 valence electrons. The van der Waals surface area contributed by atoms with Gasteiger partial charge in [0.15, 0.2) is 30.8 Å². The molecule has 0 radical (unpaired) electrons. The highest BCUT2D eigenvalue weighted by molar-refractivity contribution is 6.83. The number of aliphatic carboxylic acids is 1. The Hall–Kier alpha value is -1.93. The van der Waals surface area contributed by atoms with Crippen molar-refractivity contribution < 1.29 is 36.8 Å². The zero-order chi connectivity index (χ0) is 48.7. The molecule has 0 aliphatic rings. The zero-order valence-corrected chi connectivity index (χ0v) is 47.6. The molecule has 0 saturated carbocycles. The Morgan fingerprint density at radius 1 is 0.855 bits per heavy atom. The minimum absolute atomic E-state index is 0.0180. The van der Waals surface area contributed by atoms with E-state index in [0.717, 1.165) is 24.8 Å². The van der Waals surface area contributed by atoms with Crippen molar-refractivity contribution in [2.75, 3.05) is 0 Å². The number of carboxylic acid groups (broad SMARTS) is 1. The first-order valence-corrected chi connectivity index (χ1v) is 35.1. The molecule has 1 N–H and O–H groups in total. The normalized spacial score (nSPS) is 16.9. The number of aryl methyl sites for hydroxylation is 1. The van der Waals surface area contributed by atoms with E-state index in [1.54, 1.807) is 6.92 Å². The number of carboxylic acids is 1. The van der Waals surface area contributed by atoms with E-state index in [1.165, 1.54) is 12.3 Å². The summed E-state index contributed by atoms with van der Waals surface area (Å²) in [6.45, 7) is 48.7. The third-order valence-corrected chi connectivity index (χ3v) is 28.1. The van der Waals surface area contributed by atoms with Gasteiger partial charge in [-0.2, -0.15) is 0 Å². The molecule has 0 bridgehead atoms. The van der Waals surface area contributed by atoms with Crippen molar-refractivity contribution >= 4 is 50.9 Å². The van der Waals surface area contributed by atoms with Gasteiger partial charge in [-0.1, -0.05) is 114 Å². The molecule has 0 amide bonds. The molecule has 62 heavy (non-hydrogen) atoms. The second kappa shape index (κ2) is 22.0. The smallest absolute Gasteiger partial charge is 0.305 e. The van der Waals surface area contributed by atoms with E-state index in [2.05, 4.69) is 158 Å². The highest BCUT2D eigenvalue weighted by atomic mass is 28.4. The highest BCUT2D eigenvalue weighted by Crippen LogP contribution is 2.45. The predicted octanol–water partition coefficient (Wildman–Crippen LogP) is 14.6. The van der Waals surface area contributed by atoms with Crippen LogP contribution in [0.5, 0.6) is 0 Å². The Labute approximate surface area is 382 Å². The lowest BCUT2D eigenvalue weighted by Gasteiger charge is -2.46. The first kappa shape index (κ1) is 58.1. The largest absolute Gasteiger partial charge is 0.481 e. The van der Waals surface area contributed by atoms with Crippen molar-refractivity contribution in [3.63, 3.8) is 0 Å². The molecule has 0 aromatic carbocycles. The molecular formula is C49H90FNO7Si4. The van der Waals surface area contributed by atoms with Crippen molar-refractivity contribution in [1.82, 2.24) is 4.98 Å². The molecule has 0 unspecified atom stereocenters. The number of nitrogens with zero attached hydrogens (tertiary/aromatic N) is 1. The molecule has 1 rings (SSSR count). The summed E-state index contributed by atoms with van der Waals surface area (Å²) in [5.74, 6) is 1.91. The van der Waals surface area contributed by atoms with Crippen LogP contribution in [-0.2, 0) is 22.9 Å². The Morgan fingerprint density at radius 2 is 1.35 bits per heavy atom. The lowest BCUT2D eigenvalue weighted by Crippen LogP contribution is -2.55. The van der Waals surface area contributed by atoms with Crippen LogP contribution in [-0.4, -0.2) is 73.2 Å². The summed E-state index contributed by atoms with van der Waals surface area (Å²) in [7, 11) is -9.02. The van der Waals surface area contributed by atoms with Gasteiger partial charge in [-0.3, -0.25) is 9.59 Å². The minimum Gasteiger partial charge on any atom is -0.481 e. The number of rotatable bonds is 22. The number of hydrogen-bond acceptors (Lipinski definition) is 7. The summed E-state index contributed by atoms with van der Waals surface area (Å²) in [5.41, 5.74) is 3.95. The second-order valence-corrected chi connectivity index (χ2v) is 43.1. The maximum absolute atomic E-state index is 16.0. The van der Waals surface area contributed by atoms with Gasteiger partial charge < -0.3 is 22.8 Å². The number of carbonyl (C=O) groups is 2. The Bertz CT molecular complexity index is 1760. The third-order valence-electron chi connectivity index (χ3n) is 13.7. The second-order valence-electron chi connectivity index (χ2n) is 24.1. The molecule has 1 heterocycles. The zero-order valence-electron chi connectivity index (χ0n) is 43.6. The molecular weight excluding hydrogens is 846 g/mol. The van der Waals surface area contributed by atoms with Gasteiger partial charge in [-0.15, -0.1) is 11.5 Å². The molecule has 13 heteroatoms. The highest BCUT2D eigenvalue weighted by Gasteiger charge is 2.51. The third kappa shape index (κ3) is 17.8. The number of ketones is 1. The predicted molar refractivity (Wildman–Crippen MR) is 268 cm³/mol. The molecule has 0 aliphatic heterocycles. The average Bonchev–Trinajstić information content (AvgIpc) is 3.48. The molecule has 1 aromatic heterocycles. The van der Waals surface area contributed by atoms with Gasteiger partial charge in [0.25, 0.3) is 0 Å². The van der Waals surface area contributed by atoms with E-state index in [1.807, 2.05) is 13.8 Å². The number of carbonyl (C=O) groups excluding carboxylic acids is 1. The lowest BCUT2D eigenvalue weighted by molar-refractivity contribution is -0.146. The van der Waals surface area contributed by atoms with Gasteiger partial charge in [0, 0.05) is 24.8 Å². The summed E-state index contributed by atoms with van der Waals surface area (Å²) in [4.78, 5) is 32.1. The fraction of sp³-hybridized carbons (Fsp3) is 0.776. The van der Waals surface area contributed by atoms with E-state index < -0.39 is 68.6 Å². The summed E-state index contributed by atoms with van der Waals surface area (Å²) in [5, 5.41) is 9.77. The minimum atomic E-state index is -2.48. The number of hydrogen-bond donors (Lipinski definition) is 1. The fourth-order valence-corrected chi connectivity index (χ4v) is 11.2. The van der Waals surface area contributed by atoms with Crippen molar-refractivity contribution in [3.05, 3.63) is 35.3 Å². The van der Waals surface area contributed by atoms with E-state index >= 15 is 9.18 Å². The van der Waals surface area contributed by atoms with Crippen LogP contribution < -0.4 is 0 Å². The number of Topliss-reactive ketones (excluding diaryl/α,β-unsaturated/α-hetero) is 1. The molecule has 0 aliphatic carbocycles. The van der Waals surface area contributed by atoms with Crippen LogP contribution in [0.4, 0.5) is 4.39 Å². The summed E-state index contributed by atoms with van der Waals surface area (Å²) < 4.78 is 42.2. The molecule has 8 nitrogen and oxygen atoms in total. The topological polar surface area (TPSA) is 108 Å². The summed E-state index contributed by atoms with van der Waals surface area (Å²) in [6.07, 6.45) is 5.83. The maximum atomic E-state index is 16.0. The maximum Gasteiger partial charge on any atom is 0.305 e. The number of allylic oxidation sites excluding steroid dienone is 1. The first-order chi connectivity index (χ1) is 27.6. The van der Waals surface area contributed by atoms with Crippen LogP contribution in [0.1, 0.15) is 140 Å². The SMILES string of the molecule is C/C(=C/C[C@H](O[Si](C)(C)C(C)(C)C)/C(F)=C/c1coc(C)n1)CCC[C@H](C)[C@H](O[Si](C)(C)C(C)(C)C)[C@@H](CC#C[Si](C)(C)C)C(=O)C(C)(C)[C@H](CC(=O)O)O[Si](C)(C)C(C)(C)C. The molecule has 5 atom stereocenters. The summed E-state index contributed by atoms with van der Waals surface area (Å²) in [6, 6.07) is 0. The van der Waals surface area contributed by atoms with Crippen LogP contribution in [0, 0.1) is 35.6 Å². The number of halogens is 1. The molecule has 0 fully saturated rings. The molecule has 0 saturated heterocycles. The van der Waals surface area contributed by atoms with Crippen LogP contribution >= 0.6 is 0 Å². The lowest BCUT2D eigenvalue weighted by atomic mass is 9.71. The molecule has 0 spiro atoms. The van der Waals surface area contributed by atoms with E-state index in [-0.39, 0.29) is 39.1 Å². The van der Waals surface area contributed by atoms with Crippen LogP contribution in [0.2, 0.25) is 74.0 Å². The van der Waals surface area contributed by atoms with Crippen LogP contribution in [0.25, 0.3) is 6.08 Å². The van der Waals surface area contributed by atoms with Crippen molar-refractivity contribution in [2.24, 2.45) is 17.3 Å². The number of oxazole rings is 1. The number of aromatic nitrogens is 1. The fourth-order valence-electron chi connectivity index (χ4n) is 6.38. The van der Waals surface area contributed by atoms with Crippen LogP contribution in [0.3, 0.4) is 0 Å². The standard InChI is InChI=1S/C49H90FNO7Si4/c1-35(29-30-41(56-60(18,19)46(4,5)6)40(50)32-38-34-55-37(3)51-38)26-24-27-36(2)44(58-62(22,23)48(10,11)12)39(28-25-31-59(15,16)17)45(54)49(13,14)42(33-43(52)53)57-61(20,21)47(7,8)9/h29,32,34,36,39,41-42,44H,24,26-28,30,33H2,1-23H3,(H,52,53)/b35-29-,40-32-/t36-,39+,41-,42-,44-/m0/s1. The van der Waals surface area contributed by atoms with Crippen molar-refractivity contribution in [3.8, 4) is 11.5 Å². The van der Waals surface area contributed by atoms with Gasteiger partial charge >= 0.3 is 5.97 Å². The van der Waals surface area contributed by atoms with Gasteiger partial charge in [0.1, 0.15) is 37.7 Å². The Morgan fingerprint density at radius 3 is 1.81 bits per heavy atom. The summed E-state index contributed by atoms with van der Waals surface area (Å²) >= 11 is 0. The molecule has 1 aromatic rings. The van der Waals surface area contributed by atoms with Gasteiger partial charge in [0.2, 0.25) is 0 Å². The average molecular weight is 937 g/mol. The Balaban J connectivity index is 3.70. The Kier molecular flexibility index (Phi) is 20.6. The van der Waals surface area contributed by atoms with E-state index in [4.69, 9.17) is 17.7 Å². The van der Waals surface area contributed by atoms with Gasteiger partial charge in [-0.25, -0.2) is 9.37 Å². The van der Waals surface area contributed by atoms with Crippen molar-refractivity contribution in [2.45, 2.75) is 228 Å².